The number of aromatic amines is 1. The van der Waals surface area contributed by atoms with Gasteiger partial charge in [0, 0.05) is 10.9 Å². The molecule has 0 bridgehead atoms. The molecule has 0 aliphatic rings. The summed E-state index contributed by atoms with van der Waals surface area (Å²) in [5, 5.41) is 10.1. The molecule has 0 saturated heterocycles. The van der Waals surface area contributed by atoms with E-state index >= 15 is 0 Å². The van der Waals surface area contributed by atoms with Crippen LogP contribution in [0.3, 0.4) is 0 Å². The number of aryl methyl sites for hydroxylation is 2. The molecule has 0 radical (unpaired) electrons. The van der Waals surface area contributed by atoms with Gasteiger partial charge in [-0.3, -0.25) is 0 Å². The van der Waals surface area contributed by atoms with E-state index in [2.05, 4.69) is 18.0 Å². The number of fused-ring (bicyclic) bond motifs is 1. The first-order valence-electron chi connectivity index (χ1n) is 5.54. The topological polar surface area (TPSA) is 53.1 Å². The molecule has 0 aliphatic heterocycles. The first-order chi connectivity index (χ1) is 7.67. The molecule has 0 saturated carbocycles. The van der Waals surface area contributed by atoms with Crippen LogP contribution in [0.25, 0.3) is 10.9 Å². The Bertz CT molecular complexity index is 540. The number of carboxylic acids is 1. The SMILES string of the molecule is CCc1ccc2[nH]c(C(=O)O)c(CC)c2c1. The zero-order valence-electron chi connectivity index (χ0n) is 9.50. The summed E-state index contributed by atoms with van der Waals surface area (Å²) in [5.41, 5.74) is 3.37. The molecule has 3 nitrogen and oxygen atoms in total. The summed E-state index contributed by atoms with van der Waals surface area (Å²) in [6.45, 7) is 4.07. The summed E-state index contributed by atoms with van der Waals surface area (Å²) in [5.74, 6) is -0.883. The van der Waals surface area contributed by atoms with Crippen molar-refractivity contribution >= 4 is 16.9 Å². The van der Waals surface area contributed by atoms with Crippen LogP contribution < -0.4 is 0 Å². The smallest absolute Gasteiger partial charge is 0.352 e. The van der Waals surface area contributed by atoms with Crippen LogP contribution in [0, 0.1) is 0 Å². The number of carboxylic acid groups (broad SMARTS) is 1. The molecule has 0 spiro atoms. The molecule has 84 valence electrons. The van der Waals surface area contributed by atoms with Gasteiger partial charge in [-0.25, -0.2) is 4.79 Å². The van der Waals surface area contributed by atoms with Crippen molar-refractivity contribution in [2.24, 2.45) is 0 Å². The summed E-state index contributed by atoms with van der Waals surface area (Å²) in [6.07, 6.45) is 1.70. The van der Waals surface area contributed by atoms with Gasteiger partial charge in [0.05, 0.1) is 0 Å². The molecule has 0 aliphatic carbocycles. The second kappa shape index (κ2) is 4.00. The van der Waals surface area contributed by atoms with Gasteiger partial charge in [-0.05, 0) is 36.1 Å². The molecule has 16 heavy (non-hydrogen) atoms. The summed E-state index contributed by atoms with van der Waals surface area (Å²) in [7, 11) is 0. The first-order valence-corrected chi connectivity index (χ1v) is 5.54. The maximum absolute atomic E-state index is 11.1. The Hall–Kier alpha value is -1.77. The third-order valence-corrected chi connectivity index (χ3v) is 2.95. The molecule has 0 amide bonds. The number of hydrogen-bond acceptors (Lipinski definition) is 1. The number of carbonyl (C=O) groups is 1. The Labute approximate surface area is 94.1 Å². The minimum absolute atomic E-state index is 0.325. The highest BCUT2D eigenvalue weighted by atomic mass is 16.4. The molecular weight excluding hydrogens is 202 g/mol. The largest absolute Gasteiger partial charge is 0.477 e. The van der Waals surface area contributed by atoms with Crippen LogP contribution in [0.1, 0.15) is 35.5 Å². The van der Waals surface area contributed by atoms with Crippen molar-refractivity contribution in [3.8, 4) is 0 Å². The number of H-pyrrole nitrogens is 1. The predicted octanol–water partition coefficient (Wildman–Crippen LogP) is 2.99. The standard InChI is InChI=1S/C13H15NO2/c1-3-8-5-6-11-10(7-8)9(4-2)12(14-11)13(15)16/h5-7,14H,3-4H2,1-2H3,(H,15,16). The van der Waals surface area contributed by atoms with Gasteiger partial charge in [0.25, 0.3) is 0 Å². The summed E-state index contributed by atoms with van der Waals surface area (Å²) in [6, 6.07) is 6.07. The van der Waals surface area contributed by atoms with Gasteiger partial charge in [-0.1, -0.05) is 19.9 Å². The quantitative estimate of drug-likeness (QED) is 0.830. The Kier molecular flexibility index (Phi) is 2.69. The summed E-state index contributed by atoms with van der Waals surface area (Å²) < 4.78 is 0. The molecular formula is C13H15NO2. The monoisotopic (exact) mass is 217 g/mol. The number of rotatable bonds is 3. The summed E-state index contributed by atoms with van der Waals surface area (Å²) >= 11 is 0. The Morgan fingerprint density at radius 1 is 1.31 bits per heavy atom. The lowest BCUT2D eigenvalue weighted by Crippen LogP contribution is -2.00. The predicted molar refractivity (Wildman–Crippen MR) is 64.0 cm³/mol. The van der Waals surface area contributed by atoms with E-state index in [-0.39, 0.29) is 0 Å². The molecule has 1 aromatic carbocycles. The van der Waals surface area contributed by atoms with Gasteiger partial charge in [0.2, 0.25) is 0 Å². The molecule has 3 heteroatoms. The molecule has 1 aromatic heterocycles. The van der Waals surface area contributed by atoms with Gasteiger partial charge < -0.3 is 10.1 Å². The minimum atomic E-state index is -0.883. The van der Waals surface area contributed by atoms with Crippen molar-refractivity contribution < 1.29 is 9.90 Å². The van der Waals surface area contributed by atoms with Crippen LogP contribution >= 0.6 is 0 Å². The highest BCUT2D eigenvalue weighted by Gasteiger charge is 2.15. The van der Waals surface area contributed by atoms with Gasteiger partial charge in [0.15, 0.2) is 0 Å². The molecule has 1 heterocycles. The lowest BCUT2D eigenvalue weighted by Gasteiger charge is -1.99. The average Bonchev–Trinajstić information content (AvgIpc) is 2.66. The molecule has 0 unspecified atom stereocenters. The fourth-order valence-electron chi connectivity index (χ4n) is 2.06. The second-order valence-electron chi connectivity index (χ2n) is 3.87. The molecule has 0 fully saturated rings. The Balaban J connectivity index is 2.73. The lowest BCUT2D eigenvalue weighted by atomic mass is 10.0. The van der Waals surface area contributed by atoms with Gasteiger partial charge in [0.1, 0.15) is 5.69 Å². The number of nitrogens with one attached hydrogen (secondary N) is 1. The van der Waals surface area contributed by atoms with Crippen LogP contribution in [0.5, 0.6) is 0 Å². The number of aromatic carboxylic acids is 1. The van der Waals surface area contributed by atoms with Crippen molar-refractivity contribution in [3.63, 3.8) is 0 Å². The van der Waals surface area contributed by atoms with E-state index in [4.69, 9.17) is 5.11 Å². The van der Waals surface area contributed by atoms with Crippen molar-refractivity contribution in [1.29, 1.82) is 0 Å². The van der Waals surface area contributed by atoms with Crippen molar-refractivity contribution in [3.05, 3.63) is 35.0 Å². The van der Waals surface area contributed by atoms with E-state index in [9.17, 15) is 4.79 Å². The molecule has 2 N–H and O–H groups in total. The Morgan fingerprint density at radius 2 is 2.06 bits per heavy atom. The van der Waals surface area contributed by atoms with Crippen LogP contribution in [0.2, 0.25) is 0 Å². The van der Waals surface area contributed by atoms with Crippen molar-refractivity contribution in [2.45, 2.75) is 26.7 Å². The van der Waals surface area contributed by atoms with Gasteiger partial charge in [-0.2, -0.15) is 0 Å². The third-order valence-electron chi connectivity index (χ3n) is 2.95. The van der Waals surface area contributed by atoms with Gasteiger partial charge in [-0.15, -0.1) is 0 Å². The van der Waals surface area contributed by atoms with Crippen LogP contribution in [0.4, 0.5) is 0 Å². The fraction of sp³-hybridized carbons (Fsp3) is 0.308. The van der Waals surface area contributed by atoms with Crippen LogP contribution in [-0.4, -0.2) is 16.1 Å². The summed E-state index contributed by atoms with van der Waals surface area (Å²) in [4.78, 5) is 14.0. The van der Waals surface area contributed by atoms with E-state index in [1.807, 2.05) is 19.1 Å². The normalized spacial score (nSPS) is 10.9. The maximum Gasteiger partial charge on any atom is 0.352 e. The maximum atomic E-state index is 11.1. The number of aromatic nitrogens is 1. The van der Waals surface area contributed by atoms with E-state index in [1.165, 1.54) is 5.56 Å². The number of benzene rings is 1. The zero-order valence-corrected chi connectivity index (χ0v) is 9.50. The molecule has 0 atom stereocenters. The van der Waals surface area contributed by atoms with Gasteiger partial charge >= 0.3 is 5.97 Å². The lowest BCUT2D eigenvalue weighted by molar-refractivity contribution is 0.0690. The van der Waals surface area contributed by atoms with E-state index in [0.29, 0.717) is 5.69 Å². The van der Waals surface area contributed by atoms with E-state index < -0.39 is 5.97 Å². The number of hydrogen-bond donors (Lipinski definition) is 2. The fourth-order valence-corrected chi connectivity index (χ4v) is 2.06. The minimum Gasteiger partial charge on any atom is -0.477 e. The second-order valence-corrected chi connectivity index (χ2v) is 3.87. The Morgan fingerprint density at radius 3 is 2.62 bits per heavy atom. The van der Waals surface area contributed by atoms with E-state index in [0.717, 1.165) is 29.3 Å². The molecule has 2 aromatic rings. The first kappa shape index (κ1) is 10.7. The average molecular weight is 217 g/mol. The third kappa shape index (κ3) is 1.58. The van der Waals surface area contributed by atoms with Crippen LogP contribution in [-0.2, 0) is 12.8 Å². The highest BCUT2D eigenvalue weighted by molar-refractivity contribution is 5.97. The molecule has 2 rings (SSSR count). The van der Waals surface area contributed by atoms with E-state index in [1.54, 1.807) is 0 Å². The van der Waals surface area contributed by atoms with Crippen molar-refractivity contribution in [1.82, 2.24) is 4.98 Å². The highest BCUT2D eigenvalue weighted by Crippen LogP contribution is 2.24. The van der Waals surface area contributed by atoms with Crippen molar-refractivity contribution in [2.75, 3.05) is 0 Å². The zero-order chi connectivity index (χ0) is 11.7. The van der Waals surface area contributed by atoms with Crippen LogP contribution in [0.15, 0.2) is 18.2 Å².